The Labute approximate surface area is 171 Å². The molecule has 0 heterocycles. The number of carbonyl (C=O) groups is 3. The summed E-state index contributed by atoms with van der Waals surface area (Å²) in [6.45, 7) is 11.3. The third-order valence-electron chi connectivity index (χ3n) is 3.51. The fourth-order valence-corrected chi connectivity index (χ4v) is 2.34. The van der Waals surface area contributed by atoms with E-state index in [1.54, 1.807) is 41.5 Å². The molecule has 0 spiro atoms. The van der Waals surface area contributed by atoms with Crippen LogP contribution in [-0.4, -0.2) is 51.5 Å². The first-order chi connectivity index (χ1) is 13.2. The molecule has 0 unspecified atom stereocenters. The van der Waals surface area contributed by atoms with Crippen LogP contribution in [0.15, 0.2) is 30.3 Å². The second-order valence-electron chi connectivity index (χ2n) is 8.62. The highest BCUT2D eigenvalue weighted by molar-refractivity contribution is 5.94. The highest BCUT2D eigenvalue weighted by atomic mass is 16.6. The second-order valence-corrected chi connectivity index (χ2v) is 8.62. The standard InChI is InChI=1S/C21H31NO7/c1-14(27-13-15-11-9-8-10-12-15)16(17(23)24)22(18(25)28-20(2,3)4)19(26)29-21(5,6)7/h8-12,14,16H,13H2,1-7H3,(H,23,24)/t14-,16+/m1/s1. The summed E-state index contributed by atoms with van der Waals surface area (Å²) in [4.78, 5) is 37.9. The number of aliphatic carboxylic acids is 1. The van der Waals surface area contributed by atoms with Gasteiger partial charge in [0.25, 0.3) is 0 Å². The van der Waals surface area contributed by atoms with E-state index >= 15 is 0 Å². The zero-order valence-electron chi connectivity index (χ0n) is 18.1. The molecule has 0 saturated heterocycles. The first-order valence-corrected chi connectivity index (χ1v) is 9.35. The van der Waals surface area contributed by atoms with Crippen LogP contribution >= 0.6 is 0 Å². The molecule has 0 aliphatic carbocycles. The van der Waals surface area contributed by atoms with Crippen molar-refractivity contribution < 1.29 is 33.7 Å². The maximum atomic E-state index is 12.7. The van der Waals surface area contributed by atoms with Gasteiger partial charge in [-0.3, -0.25) is 0 Å². The maximum Gasteiger partial charge on any atom is 0.420 e. The molecular weight excluding hydrogens is 378 g/mol. The van der Waals surface area contributed by atoms with Gasteiger partial charge in [0.1, 0.15) is 11.2 Å². The summed E-state index contributed by atoms with van der Waals surface area (Å²) in [6, 6.07) is 7.50. The normalized spacial score (nSPS) is 13.9. The van der Waals surface area contributed by atoms with Crippen LogP contribution in [0.2, 0.25) is 0 Å². The van der Waals surface area contributed by atoms with Gasteiger partial charge >= 0.3 is 18.2 Å². The van der Waals surface area contributed by atoms with Crippen molar-refractivity contribution in [3.8, 4) is 0 Å². The smallest absolute Gasteiger partial charge is 0.420 e. The van der Waals surface area contributed by atoms with E-state index in [0.29, 0.717) is 4.90 Å². The molecule has 0 aromatic heterocycles. The Hall–Kier alpha value is -2.61. The molecule has 0 aliphatic rings. The lowest BCUT2D eigenvalue weighted by Crippen LogP contribution is -2.56. The monoisotopic (exact) mass is 409 g/mol. The van der Waals surface area contributed by atoms with E-state index in [4.69, 9.17) is 14.2 Å². The number of amides is 2. The molecule has 1 rings (SSSR count). The number of rotatable bonds is 6. The Morgan fingerprint density at radius 1 is 0.931 bits per heavy atom. The molecule has 0 fully saturated rings. The fraction of sp³-hybridized carbons (Fsp3) is 0.571. The van der Waals surface area contributed by atoms with Crippen LogP contribution in [0.1, 0.15) is 54.0 Å². The molecule has 0 saturated carbocycles. The molecule has 1 aromatic carbocycles. The Morgan fingerprint density at radius 3 is 1.76 bits per heavy atom. The molecule has 2 amide bonds. The molecule has 0 bridgehead atoms. The van der Waals surface area contributed by atoms with E-state index < -0.39 is 41.5 Å². The Bertz CT molecular complexity index is 676. The Balaban J connectivity index is 3.14. The van der Waals surface area contributed by atoms with E-state index in [0.717, 1.165) is 5.56 Å². The minimum atomic E-state index is -1.64. The molecule has 0 aliphatic heterocycles. The van der Waals surface area contributed by atoms with Crippen molar-refractivity contribution in [1.82, 2.24) is 4.90 Å². The first kappa shape index (κ1) is 24.4. The highest BCUT2D eigenvalue weighted by Gasteiger charge is 2.43. The molecule has 29 heavy (non-hydrogen) atoms. The summed E-state index contributed by atoms with van der Waals surface area (Å²) >= 11 is 0. The van der Waals surface area contributed by atoms with E-state index in [9.17, 15) is 19.5 Å². The van der Waals surface area contributed by atoms with Gasteiger partial charge in [-0.1, -0.05) is 30.3 Å². The molecule has 2 atom stereocenters. The van der Waals surface area contributed by atoms with E-state index in [1.165, 1.54) is 6.92 Å². The summed E-state index contributed by atoms with van der Waals surface area (Å²) in [5.74, 6) is -1.41. The van der Waals surface area contributed by atoms with Crippen molar-refractivity contribution in [1.29, 1.82) is 0 Å². The van der Waals surface area contributed by atoms with Gasteiger partial charge in [-0.15, -0.1) is 0 Å². The lowest BCUT2D eigenvalue weighted by molar-refractivity contribution is -0.149. The summed E-state index contributed by atoms with van der Waals surface area (Å²) < 4.78 is 16.1. The SMILES string of the molecule is C[C@@H](OCc1ccccc1)[C@@H](C(=O)O)N(C(=O)OC(C)(C)C)C(=O)OC(C)(C)C. The minimum Gasteiger partial charge on any atom is -0.480 e. The molecule has 1 N–H and O–H groups in total. The van der Waals surface area contributed by atoms with Gasteiger partial charge < -0.3 is 19.3 Å². The quantitative estimate of drug-likeness (QED) is 0.750. The van der Waals surface area contributed by atoms with Crippen molar-refractivity contribution in [2.24, 2.45) is 0 Å². The van der Waals surface area contributed by atoms with Crippen LogP contribution in [0, 0.1) is 0 Å². The van der Waals surface area contributed by atoms with Gasteiger partial charge in [0.2, 0.25) is 0 Å². The van der Waals surface area contributed by atoms with E-state index in [2.05, 4.69) is 0 Å². The van der Waals surface area contributed by atoms with Crippen LogP contribution in [0.3, 0.4) is 0 Å². The molecule has 8 nitrogen and oxygen atoms in total. The molecule has 162 valence electrons. The van der Waals surface area contributed by atoms with Crippen molar-refractivity contribution in [3.05, 3.63) is 35.9 Å². The number of carboxylic acids is 1. The van der Waals surface area contributed by atoms with Gasteiger partial charge in [-0.25, -0.2) is 14.4 Å². The average molecular weight is 409 g/mol. The van der Waals surface area contributed by atoms with E-state index in [-0.39, 0.29) is 6.61 Å². The van der Waals surface area contributed by atoms with Crippen molar-refractivity contribution in [2.45, 2.75) is 78.4 Å². The topological polar surface area (TPSA) is 102 Å². The van der Waals surface area contributed by atoms with Gasteiger partial charge in [0.05, 0.1) is 12.7 Å². The number of ether oxygens (including phenoxy) is 3. The number of benzene rings is 1. The van der Waals surface area contributed by atoms with Crippen LogP contribution < -0.4 is 0 Å². The fourth-order valence-electron chi connectivity index (χ4n) is 2.34. The lowest BCUT2D eigenvalue weighted by atomic mass is 10.1. The zero-order chi connectivity index (χ0) is 22.4. The average Bonchev–Trinajstić information content (AvgIpc) is 2.54. The van der Waals surface area contributed by atoms with Gasteiger partial charge in [0, 0.05) is 0 Å². The van der Waals surface area contributed by atoms with Crippen LogP contribution in [0.25, 0.3) is 0 Å². The summed E-state index contributed by atoms with van der Waals surface area (Å²) in [5, 5.41) is 9.77. The molecule has 0 radical (unpaired) electrons. The first-order valence-electron chi connectivity index (χ1n) is 9.35. The number of hydrogen-bond acceptors (Lipinski definition) is 6. The zero-order valence-corrected chi connectivity index (χ0v) is 18.1. The third kappa shape index (κ3) is 8.51. The number of carboxylic acid groups (broad SMARTS) is 1. The molecular formula is C21H31NO7. The maximum absolute atomic E-state index is 12.7. The molecule has 8 heteroatoms. The Morgan fingerprint density at radius 2 is 1.38 bits per heavy atom. The van der Waals surface area contributed by atoms with Crippen molar-refractivity contribution >= 4 is 18.2 Å². The lowest BCUT2D eigenvalue weighted by Gasteiger charge is -2.33. The molecule has 1 aromatic rings. The predicted molar refractivity (Wildman–Crippen MR) is 106 cm³/mol. The number of imide groups is 1. The van der Waals surface area contributed by atoms with Gasteiger partial charge in [0.15, 0.2) is 6.04 Å². The van der Waals surface area contributed by atoms with E-state index in [1.807, 2.05) is 30.3 Å². The third-order valence-corrected chi connectivity index (χ3v) is 3.51. The largest absolute Gasteiger partial charge is 0.480 e. The van der Waals surface area contributed by atoms with Crippen molar-refractivity contribution in [2.75, 3.05) is 0 Å². The minimum absolute atomic E-state index is 0.113. The van der Waals surface area contributed by atoms with Crippen LogP contribution in [-0.2, 0) is 25.6 Å². The predicted octanol–water partition coefficient (Wildman–Crippen LogP) is 4.22. The highest BCUT2D eigenvalue weighted by Crippen LogP contribution is 2.20. The van der Waals surface area contributed by atoms with Crippen LogP contribution in [0.5, 0.6) is 0 Å². The van der Waals surface area contributed by atoms with Crippen LogP contribution in [0.4, 0.5) is 9.59 Å². The van der Waals surface area contributed by atoms with Gasteiger partial charge in [-0.2, -0.15) is 4.90 Å². The number of nitrogens with zero attached hydrogens (tertiary/aromatic N) is 1. The summed E-state index contributed by atoms with van der Waals surface area (Å²) in [6.07, 6.45) is -3.25. The van der Waals surface area contributed by atoms with Gasteiger partial charge in [-0.05, 0) is 54.0 Å². The summed E-state index contributed by atoms with van der Waals surface area (Å²) in [5.41, 5.74) is -1.05. The number of carbonyl (C=O) groups excluding carboxylic acids is 2. The summed E-state index contributed by atoms with van der Waals surface area (Å²) in [7, 11) is 0. The Kier molecular flexibility index (Phi) is 8.20. The second kappa shape index (κ2) is 9.73. The number of hydrogen-bond donors (Lipinski definition) is 1. The van der Waals surface area contributed by atoms with Crippen molar-refractivity contribution in [3.63, 3.8) is 0 Å².